The van der Waals surface area contributed by atoms with Gasteiger partial charge in [-0.2, -0.15) is 0 Å². The normalized spacial score (nSPS) is 12.4. The van der Waals surface area contributed by atoms with Crippen LogP contribution in [0.2, 0.25) is 0 Å². The van der Waals surface area contributed by atoms with Gasteiger partial charge in [0.2, 0.25) is 0 Å². The first kappa shape index (κ1) is 13.7. The smallest absolute Gasteiger partial charge is 0.304 e. The molecule has 3 nitrogen and oxygen atoms in total. The largest absolute Gasteiger partial charge is 0.481 e. The van der Waals surface area contributed by atoms with Crippen molar-refractivity contribution in [1.82, 2.24) is 0 Å². The number of hydrogen-bond acceptors (Lipinski definition) is 2. The van der Waals surface area contributed by atoms with Gasteiger partial charge in [0.1, 0.15) is 0 Å². The van der Waals surface area contributed by atoms with E-state index in [1.54, 1.807) is 0 Å². The van der Waals surface area contributed by atoms with Gasteiger partial charge in [-0.1, -0.05) is 37.6 Å². The highest BCUT2D eigenvalue weighted by Crippen LogP contribution is 2.10. The van der Waals surface area contributed by atoms with Crippen molar-refractivity contribution >= 4 is 5.97 Å². The summed E-state index contributed by atoms with van der Waals surface area (Å²) in [5, 5.41) is 8.62. The summed E-state index contributed by atoms with van der Waals surface area (Å²) < 4.78 is 0. The van der Waals surface area contributed by atoms with Gasteiger partial charge in [0.25, 0.3) is 0 Å². The summed E-state index contributed by atoms with van der Waals surface area (Å²) >= 11 is 0. The van der Waals surface area contributed by atoms with Crippen molar-refractivity contribution in [3.05, 3.63) is 35.4 Å². The van der Waals surface area contributed by atoms with Gasteiger partial charge in [-0.15, -0.1) is 0 Å². The molecule has 0 aromatic heterocycles. The second-order valence-electron chi connectivity index (χ2n) is 4.48. The lowest BCUT2D eigenvalue weighted by atomic mass is 10.0. The van der Waals surface area contributed by atoms with Crippen molar-refractivity contribution in [3.8, 4) is 0 Å². The topological polar surface area (TPSA) is 63.3 Å². The summed E-state index contributed by atoms with van der Waals surface area (Å²) in [6, 6.07) is 8.02. The molecule has 0 heterocycles. The third-order valence-corrected chi connectivity index (χ3v) is 2.78. The maximum Gasteiger partial charge on any atom is 0.304 e. The van der Waals surface area contributed by atoms with E-state index in [0.29, 0.717) is 6.42 Å². The van der Waals surface area contributed by atoms with E-state index in [1.807, 2.05) is 12.1 Å². The third kappa shape index (κ3) is 5.50. The molecule has 0 bridgehead atoms. The second-order valence-corrected chi connectivity index (χ2v) is 4.48. The van der Waals surface area contributed by atoms with Crippen molar-refractivity contribution in [2.45, 2.75) is 45.1 Å². The number of aryl methyl sites for hydroxylation is 1. The second kappa shape index (κ2) is 7.07. The minimum absolute atomic E-state index is 0.0254. The molecule has 1 unspecified atom stereocenters. The molecule has 0 amide bonds. The summed E-state index contributed by atoms with van der Waals surface area (Å²) in [6.07, 6.45) is 4.17. The summed E-state index contributed by atoms with van der Waals surface area (Å²) in [5.41, 5.74) is 8.19. The summed E-state index contributed by atoms with van der Waals surface area (Å²) in [6.45, 7) is 2.18. The minimum atomic E-state index is -0.836. The number of aliphatic carboxylic acids is 1. The Bertz CT molecular complexity index is 346. The lowest BCUT2D eigenvalue weighted by Gasteiger charge is -2.09. The standard InChI is InChI=1S/C14H21NO2/c1-2-3-4-11-5-7-12(8-6-11)9-13(15)10-14(16)17/h5-8,13H,2-4,9-10,15H2,1H3,(H,16,17). The number of rotatable bonds is 7. The Hall–Kier alpha value is -1.35. The molecule has 0 saturated carbocycles. The molecule has 3 N–H and O–H groups in total. The number of unbranched alkanes of at least 4 members (excludes halogenated alkanes) is 1. The fourth-order valence-corrected chi connectivity index (χ4v) is 1.82. The average Bonchev–Trinajstić information content (AvgIpc) is 2.27. The highest BCUT2D eigenvalue weighted by atomic mass is 16.4. The molecule has 3 heteroatoms. The van der Waals surface area contributed by atoms with E-state index in [0.717, 1.165) is 12.0 Å². The Labute approximate surface area is 103 Å². The molecule has 1 aromatic carbocycles. The monoisotopic (exact) mass is 235 g/mol. The maximum atomic E-state index is 10.5. The van der Waals surface area contributed by atoms with E-state index in [-0.39, 0.29) is 12.5 Å². The molecule has 0 aliphatic carbocycles. The van der Waals surface area contributed by atoms with Crippen LogP contribution in [0, 0.1) is 0 Å². The lowest BCUT2D eigenvalue weighted by Crippen LogP contribution is -2.26. The lowest BCUT2D eigenvalue weighted by molar-refractivity contribution is -0.137. The average molecular weight is 235 g/mol. The predicted octanol–water partition coefficient (Wildman–Crippen LogP) is 2.37. The van der Waals surface area contributed by atoms with Crippen LogP contribution in [-0.2, 0) is 17.6 Å². The molecule has 1 aromatic rings. The molecule has 0 aliphatic rings. The van der Waals surface area contributed by atoms with E-state index in [9.17, 15) is 4.79 Å². The molecule has 94 valence electrons. The number of benzene rings is 1. The zero-order valence-corrected chi connectivity index (χ0v) is 10.4. The van der Waals surface area contributed by atoms with Crippen molar-refractivity contribution in [2.75, 3.05) is 0 Å². The van der Waals surface area contributed by atoms with Crippen molar-refractivity contribution in [2.24, 2.45) is 5.73 Å². The predicted molar refractivity (Wildman–Crippen MR) is 69.0 cm³/mol. The number of carboxylic acid groups (broad SMARTS) is 1. The van der Waals surface area contributed by atoms with E-state index in [2.05, 4.69) is 19.1 Å². The molecular formula is C14H21NO2. The molecular weight excluding hydrogens is 214 g/mol. The number of hydrogen-bond donors (Lipinski definition) is 2. The fourth-order valence-electron chi connectivity index (χ4n) is 1.82. The van der Waals surface area contributed by atoms with Gasteiger partial charge in [0, 0.05) is 6.04 Å². The van der Waals surface area contributed by atoms with E-state index in [1.165, 1.54) is 18.4 Å². The van der Waals surface area contributed by atoms with Gasteiger partial charge < -0.3 is 10.8 Å². The van der Waals surface area contributed by atoms with Crippen molar-refractivity contribution in [1.29, 1.82) is 0 Å². The first-order valence-electron chi connectivity index (χ1n) is 6.17. The van der Waals surface area contributed by atoms with Crippen molar-refractivity contribution < 1.29 is 9.90 Å². The zero-order chi connectivity index (χ0) is 12.7. The van der Waals surface area contributed by atoms with Gasteiger partial charge >= 0.3 is 5.97 Å². The van der Waals surface area contributed by atoms with Gasteiger partial charge in [-0.3, -0.25) is 4.79 Å². The van der Waals surface area contributed by atoms with Crippen LogP contribution in [0.5, 0.6) is 0 Å². The van der Waals surface area contributed by atoms with E-state index < -0.39 is 5.97 Å². The maximum absolute atomic E-state index is 10.5. The fraction of sp³-hybridized carbons (Fsp3) is 0.500. The number of carbonyl (C=O) groups is 1. The van der Waals surface area contributed by atoms with Crippen LogP contribution in [0.25, 0.3) is 0 Å². The SMILES string of the molecule is CCCCc1ccc(CC(N)CC(=O)O)cc1. The van der Waals surface area contributed by atoms with Crippen LogP contribution < -0.4 is 5.73 Å². The Kier molecular flexibility index (Phi) is 5.70. The minimum Gasteiger partial charge on any atom is -0.481 e. The Morgan fingerprint density at radius 1 is 1.29 bits per heavy atom. The number of carboxylic acids is 1. The van der Waals surface area contributed by atoms with E-state index in [4.69, 9.17) is 10.8 Å². The quantitative estimate of drug-likeness (QED) is 0.762. The molecule has 1 rings (SSSR count). The van der Waals surface area contributed by atoms with Gasteiger partial charge in [-0.25, -0.2) is 0 Å². The van der Waals surface area contributed by atoms with Crippen LogP contribution in [0.4, 0.5) is 0 Å². The Balaban J connectivity index is 2.47. The summed E-state index contributed by atoms with van der Waals surface area (Å²) in [5.74, 6) is -0.836. The van der Waals surface area contributed by atoms with Gasteiger partial charge in [0.05, 0.1) is 6.42 Å². The molecule has 0 radical (unpaired) electrons. The summed E-state index contributed by atoms with van der Waals surface area (Å²) in [4.78, 5) is 10.5. The van der Waals surface area contributed by atoms with Crippen LogP contribution in [0.1, 0.15) is 37.3 Å². The highest BCUT2D eigenvalue weighted by Gasteiger charge is 2.08. The third-order valence-electron chi connectivity index (χ3n) is 2.78. The Morgan fingerprint density at radius 3 is 2.41 bits per heavy atom. The first-order valence-corrected chi connectivity index (χ1v) is 6.17. The van der Waals surface area contributed by atoms with Crippen LogP contribution >= 0.6 is 0 Å². The molecule has 17 heavy (non-hydrogen) atoms. The summed E-state index contributed by atoms with van der Waals surface area (Å²) in [7, 11) is 0. The molecule has 0 spiro atoms. The van der Waals surface area contributed by atoms with Crippen molar-refractivity contribution in [3.63, 3.8) is 0 Å². The Morgan fingerprint density at radius 2 is 1.88 bits per heavy atom. The van der Waals surface area contributed by atoms with Crippen LogP contribution in [-0.4, -0.2) is 17.1 Å². The van der Waals surface area contributed by atoms with E-state index >= 15 is 0 Å². The zero-order valence-electron chi connectivity index (χ0n) is 10.4. The molecule has 0 aliphatic heterocycles. The van der Waals surface area contributed by atoms with Crippen LogP contribution in [0.3, 0.4) is 0 Å². The molecule has 0 fully saturated rings. The van der Waals surface area contributed by atoms with Gasteiger partial charge in [0.15, 0.2) is 0 Å². The highest BCUT2D eigenvalue weighted by molar-refractivity contribution is 5.67. The van der Waals surface area contributed by atoms with Gasteiger partial charge in [-0.05, 0) is 30.4 Å². The molecule has 0 saturated heterocycles. The first-order chi connectivity index (χ1) is 8.11. The number of nitrogens with two attached hydrogens (primary N) is 1. The molecule has 1 atom stereocenters. The van der Waals surface area contributed by atoms with Crippen LogP contribution in [0.15, 0.2) is 24.3 Å².